The Balaban J connectivity index is 2.17. The van der Waals surface area contributed by atoms with Gasteiger partial charge in [0.1, 0.15) is 11.6 Å². The van der Waals surface area contributed by atoms with Crippen LogP contribution in [-0.2, 0) is 0 Å². The molecule has 1 aliphatic rings. The van der Waals surface area contributed by atoms with Gasteiger partial charge in [-0.2, -0.15) is 0 Å². The van der Waals surface area contributed by atoms with Crippen molar-refractivity contribution in [1.29, 1.82) is 0 Å². The van der Waals surface area contributed by atoms with Crippen LogP contribution in [0.4, 0.5) is 4.39 Å². The van der Waals surface area contributed by atoms with E-state index in [1.807, 2.05) is 0 Å². The standard InChI is InChI=1S/C12H9ClFN3O2/c13-8-4-3-7(14)5-9(8)17-11(6-1-2-6)15-10(16-17)12(18)19/h3-6H,1-2H2,(H,18,19). The fraction of sp³-hybridized carbons (Fsp3) is 0.250. The van der Waals surface area contributed by atoms with Crippen molar-refractivity contribution in [3.8, 4) is 5.69 Å². The van der Waals surface area contributed by atoms with Crippen LogP contribution in [0.25, 0.3) is 5.69 Å². The Kier molecular flexibility index (Phi) is 2.74. The molecule has 1 aromatic heterocycles. The maximum Gasteiger partial charge on any atom is 0.375 e. The van der Waals surface area contributed by atoms with E-state index in [2.05, 4.69) is 10.1 Å². The molecule has 0 radical (unpaired) electrons. The van der Waals surface area contributed by atoms with E-state index < -0.39 is 11.8 Å². The molecule has 7 heteroatoms. The summed E-state index contributed by atoms with van der Waals surface area (Å²) in [6.45, 7) is 0. The monoisotopic (exact) mass is 281 g/mol. The van der Waals surface area contributed by atoms with Crippen molar-refractivity contribution in [2.75, 3.05) is 0 Å². The maximum atomic E-state index is 13.3. The van der Waals surface area contributed by atoms with E-state index in [9.17, 15) is 9.18 Å². The van der Waals surface area contributed by atoms with E-state index in [1.54, 1.807) is 0 Å². The lowest BCUT2D eigenvalue weighted by Crippen LogP contribution is -2.04. The highest BCUT2D eigenvalue weighted by atomic mass is 35.5. The highest BCUT2D eigenvalue weighted by molar-refractivity contribution is 6.32. The first-order valence-corrected chi connectivity index (χ1v) is 6.09. The van der Waals surface area contributed by atoms with Crippen LogP contribution in [0.2, 0.25) is 5.02 Å². The minimum atomic E-state index is -1.21. The molecule has 1 aromatic carbocycles. The molecule has 19 heavy (non-hydrogen) atoms. The van der Waals surface area contributed by atoms with Crippen LogP contribution < -0.4 is 0 Å². The average Bonchev–Trinajstić information content (AvgIpc) is 3.11. The highest BCUT2D eigenvalue weighted by Crippen LogP contribution is 2.40. The second-order valence-electron chi connectivity index (χ2n) is 4.38. The molecule has 0 amide bonds. The zero-order valence-corrected chi connectivity index (χ0v) is 10.4. The minimum absolute atomic E-state index is 0.167. The molecule has 1 saturated carbocycles. The van der Waals surface area contributed by atoms with Crippen LogP contribution in [0.1, 0.15) is 35.2 Å². The Morgan fingerprint density at radius 1 is 1.47 bits per heavy atom. The smallest absolute Gasteiger partial charge is 0.375 e. The molecule has 0 bridgehead atoms. The fourth-order valence-corrected chi connectivity index (χ4v) is 2.04. The van der Waals surface area contributed by atoms with Crippen molar-refractivity contribution in [2.24, 2.45) is 0 Å². The van der Waals surface area contributed by atoms with E-state index in [0.29, 0.717) is 16.5 Å². The van der Waals surface area contributed by atoms with Crippen LogP contribution >= 0.6 is 11.6 Å². The number of carboxylic acid groups (broad SMARTS) is 1. The number of nitrogens with zero attached hydrogens (tertiary/aromatic N) is 3. The average molecular weight is 282 g/mol. The third kappa shape index (κ3) is 2.19. The van der Waals surface area contributed by atoms with Gasteiger partial charge >= 0.3 is 5.97 Å². The number of hydrogen-bond donors (Lipinski definition) is 1. The molecule has 98 valence electrons. The number of carboxylic acids is 1. The molecular weight excluding hydrogens is 273 g/mol. The number of aromatic carboxylic acids is 1. The van der Waals surface area contributed by atoms with Crippen molar-refractivity contribution < 1.29 is 14.3 Å². The number of aromatic nitrogens is 3. The van der Waals surface area contributed by atoms with E-state index in [1.165, 1.54) is 22.9 Å². The largest absolute Gasteiger partial charge is 0.475 e. The van der Waals surface area contributed by atoms with Crippen LogP contribution in [0.3, 0.4) is 0 Å². The Labute approximate surface area is 112 Å². The van der Waals surface area contributed by atoms with Gasteiger partial charge in [-0.3, -0.25) is 0 Å². The quantitative estimate of drug-likeness (QED) is 0.939. The number of rotatable bonds is 3. The molecule has 2 aromatic rings. The second kappa shape index (κ2) is 4.31. The van der Waals surface area contributed by atoms with Gasteiger partial charge in [-0.15, -0.1) is 5.10 Å². The number of halogens is 2. The zero-order valence-electron chi connectivity index (χ0n) is 9.68. The molecule has 0 aliphatic heterocycles. The van der Waals surface area contributed by atoms with Gasteiger partial charge in [0.15, 0.2) is 0 Å². The van der Waals surface area contributed by atoms with Crippen molar-refractivity contribution in [2.45, 2.75) is 18.8 Å². The van der Waals surface area contributed by atoms with Crippen LogP contribution in [-0.4, -0.2) is 25.8 Å². The lowest BCUT2D eigenvalue weighted by molar-refractivity contribution is 0.0683. The van der Waals surface area contributed by atoms with Gasteiger partial charge in [0.25, 0.3) is 5.82 Å². The molecule has 0 saturated heterocycles. The maximum absolute atomic E-state index is 13.3. The van der Waals surface area contributed by atoms with E-state index in [-0.39, 0.29) is 11.7 Å². The van der Waals surface area contributed by atoms with Crippen molar-refractivity contribution in [3.05, 3.63) is 40.7 Å². The first-order chi connectivity index (χ1) is 9.06. The normalized spacial score (nSPS) is 14.6. The predicted octanol–water partition coefficient (Wildman–Crippen LogP) is 2.64. The Bertz CT molecular complexity index is 667. The summed E-state index contributed by atoms with van der Waals surface area (Å²) >= 11 is 6.01. The predicted molar refractivity (Wildman–Crippen MR) is 65.3 cm³/mol. The summed E-state index contributed by atoms with van der Waals surface area (Å²) in [5, 5.41) is 13.1. The zero-order chi connectivity index (χ0) is 13.6. The highest BCUT2D eigenvalue weighted by Gasteiger charge is 2.32. The fourth-order valence-electron chi connectivity index (χ4n) is 1.85. The SMILES string of the molecule is O=C(O)c1nc(C2CC2)n(-c2cc(F)ccc2Cl)n1. The molecule has 1 aliphatic carbocycles. The summed E-state index contributed by atoms with van der Waals surface area (Å²) in [4.78, 5) is 14.9. The van der Waals surface area contributed by atoms with Gasteiger partial charge in [-0.05, 0) is 25.0 Å². The van der Waals surface area contributed by atoms with Gasteiger partial charge in [0.05, 0.1) is 10.7 Å². The summed E-state index contributed by atoms with van der Waals surface area (Å²) in [5.74, 6) is -1.30. The molecule has 1 N–H and O–H groups in total. The summed E-state index contributed by atoms with van der Waals surface area (Å²) < 4.78 is 14.6. The van der Waals surface area contributed by atoms with Gasteiger partial charge in [-0.1, -0.05) is 11.6 Å². The summed E-state index contributed by atoms with van der Waals surface area (Å²) in [6.07, 6.45) is 1.84. The van der Waals surface area contributed by atoms with Gasteiger partial charge < -0.3 is 5.11 Å². The molecule has 1 fully saturated rings. The second-order valence-corrected chi connectivity index (χ2v) is 4.79. The van der Waals surface area contributed by atoms with Gasteiger partial charge in [0.2, 0.25) is 0 Å². The van der Waals surface area contributed by atoms with Crippen molar-refractivity contribution in [1.82, 2.24) is 14.8 Å². The number of hydrogen-bond acceptors (Lipinski definition) is 3. The molecule has 0 unspecified atom stereocenters. The van der Waals surface area contributed by atoms with E-state index in [4.69, 9.17) is 16.7 Å². The number of carbonyl (C=O) groups is 1. The van der Waals surface area contributed by atoms with E-state index in [0.717, 1.165) is 12.8 Å². The molecular formula is C12H9ClFN3O2. The summed E-state index contributed by atoms with van der Waals surface area (Å²) in [7, 11) is 0. The van der Waals surface area contributed by atoms with Crippen molar-refractivity contribution in [3.63, 3.8) is 0 Å². The van der Waals surface area contributed by atoms with Crippen LogP contribution in [0.5, 0.6) is 0 Å². The number of benzene rings is 1. The Morgan fingerprint density at radius 3 is 2.84 bits per heavy atom. The lowest BCUT2D eigenvalue weighted by Gasteiger charge is -2.06. The molecule has 3 rings (SSSR count). The third-order valence-corrected chi connectivity index (χ3v) is 3.22. The third-order valence-electron chi connectivity index (χ3n) is 2.90. The summed E-state index contributed by atoms with van der Waals surface area (Å²) in [6, 6.07) is 3.86. The van der Waals surface area contributed by atoms with Crippen molar-refractivity contribution >= 4 is 17.6 Å². The van der Waals surface area contributed by atoms with Crippen LogP contribution in [0, 0.1) is 5.82 Å². The van der Waals surface area contributed by atoms with Gasteiger partial charge in [0, 0.05) is 12.0 Å². The summed E-state index contributed by atoms with van der Waals surface area (Å²) in [5.41, 5.74) is 0.309. The molecule has 0 spiro atoms. The molecule has 0 atom stereocenters. The Hall–Kier alpha value is -1.95. The first kappa shape index (κ1) is 12.1. The van der Waals surface area contributed by atoms with E-state index >= 15 is 0 Å². The molecule has 5 nitrogen and oxygen atoms in total. The Morgan fingerprint density at radius 2 is 2.21 bits per heavy atom. The van der Waals surface area contributed by atoms with Crippen LogP contribution in [0.15, 0.2) is 18.2 Å². The van der Waals surface area contributed by atoms with Gasteiger partial charge in [-0.25, -0.2) is 18.9 Å². The minimum Gasteiger partial charge on any atom is -0.475 e. The first-order valence-electron chi connectivity index (χ1n) is 5.72. The molecule has 1 heterocycles. The topological polar surface area (TPSA) is 68.0 Å². The lowest BCUT2D eigenvalue weighted by atomic mass is 10.3.